The van der Waals surface area contributed by atoms with Crippen LogP contribution in [0.4, 0.5) is 5.69 Å². The van der Waals surface area contributed by atoms with Crippen molar-refractivity contribution in [3.63, 3.8) is 0 Å². The van der Waals surface area contributed by atoms with E-state index in [4.69, 9.17) is 4.42 Å². The van der Waals surface area contributed by atoms with Crippen molar-refractivity contribution in [2.45, 2.75) is 32.0 Å². The van der Waals surface area contributed by atoms with E-state index in [1.807, 2.05) is 47.9 Å². The zero-order chi connectivity index (χ0) is 18.5. The first-order chi connectivity index (χ1) is 12.6. The third kappa shape index (κ3) is 4.37. The average molecular weight is 435 g/mol. The fourth-order valence-corrected chi connectivity index (χ4v) is 3.54. The van der Waals surface area contributed by atoms with Gasteiger partial charge in [-0.3, -0.25) is 9.36 Å². The van der Waals surface area contributed by atoms with Gasteiger partial charge in [-0.1, -0.05) is 36.9 Å². The maximum absolute atomic E-state index is 12.3. The largest absolute Gasteiger partial charge is 0.446 e. The summed E-state index contributed by atoms with van der Waals surface area (Å²) in [4.78, 5) is 12.3. The molecule has 2 aromatic heterocycles. The number of halogens is 1. The van der Waals surface area contributed by atoms with Gasteiger partial charge in [0.25, 0.3) is 0 Å². The number of carbonyl (C=O) groups is 1. The Hall–Kier alpha value is -2.06. The van der Waals surface area contributed by atoms with Crippen LogP contribution in [0.3, 0.4) is 0 Å². The lowest BCUT2D eigenvalue weighted by Crippen LogP contribution is -2.15. The van der Waals surface area contributed by atoms with Gasteiger partial charge in [0.05, 0.1) is 5.75 Å². The second-order valence-corrected chi connectivity index (χ2v) is 7.44. The summed E-state index contributed by atoms with van der Waals surface area (Å²) in [5, 5.41) is 12.1. The van der Waals surface area contributed by atoms with E-state index in [1.165, 1.54) is 11.8 Å². The van der Waals surface area contributed by atoms with Crippen LogP contribution in [0.15, 0.2) is 50.6 Å². The lowest BCUT2D eigenvalue weighted by molar-refractivity contribution is -0.113. The highest BCUT2D eigenvalue weighted by Gasteiger charge is 2.17. The molecule has 1 N–H and O–H groups in total. The maximum atomic E-state index is 12.3. The molecule has 26 heavy (non-hydrogen) atoms. The Morgan fingerprint density at radius 2 is 2.08 bits per heavy atom. The third-order valence-electron chi connectivity index (χ3n) is 3.71. The lowest BCUT2D eigenvalue weighted by Gasteiger charge is -2.09. The molecule has 0 aliphatic rings. The first-order valence-corrected chi connectivity index (χ1v) is 10.0. The van der Waals surface area contributed by atoms with E-state index >= 15 is 0 Å². The Balaban J connectivity index is 1.70. The van der Waals surface area contributed by atoms with Gasteiger partial charge in [-0.05, 0) is 53.0 Å². The molecule has 0 saturated heterocycles. The number of rotatable bonds is 7. The van der Waals surface area contributed by atoms with E-state index in [0.29, 0.717) is 21.4 Å². The van der Waals surface area contributed by atoms with Gasteiger partial charge in [0, 0.05) is 12.2 Å². The molecule has 136 valence electrons. The van der Waals surface area contributed by atoms with Crippen molar-refractivity contribution in [1.82, 2.24) is 14.8 Å². The van der Waals surface area contributed by atoms with Crippen LogP contribution in [0.25, 0.3) is 11.6 Å². The molecule has 0 radical (unpaired) electrons. The summed E-state index contributed by atoms with van der Waals surface area (Å²) in [5.41, 5.74) is 1.86. The molecule has 3 aromatic rings. The summed E-state index contributed by atoms with van der Waals surface area (Å²) in [6.45, 7) is 4.80. The number of aryl methyl sites for hydroxylation is 1. The van der Waals surface area contributed by atoms with E-state index in [1.54, 1.807) is 0 Å². The Bertz CT molecular complexity index is 906. The fraction of sp³-hybridized carbons (Fsp3) is 0.278. The summed E-state index contributed by atoms with van der Waals surface area (Å²) >= 11 is 4.67. The molecule has 0 fully saturated rings. The van der Waals surface area contributed by atoms with E-state index in [0.717, 1.165) is 24.2 Å². The zero-order valence-electron chi connectivity index (χ0n) is 14.5. The van der Waals surface area contributed by atoms with E-state index in [2.05, 4.69) is 38.4 Å². The Labute approximate surface area is 164 Å². The van der Waals surface area contributed by atoms with Crippen molar-refractivity contribution >= 4 is 39.3 Å². The van der Waals surface area contributed by atoms with Crippen LogP contribution in [0.1, 0.15) is 18.9 Å². The summed E-state index contributed by atoms with van der Waals surface area (Å²) < 4.78 is 8.22. The number of benzene rings is 1. The van der Waals surface area contributed by atoms with Crippen molar-refractivity contribution in [1.29, 1.82) is 0 Å². The number of aromatic nitrogens is 3. The molecular weight excluding hydrogens is 416 g/mol. The van der Waals surface area contributed by atoms with Crippen LogP contribution in [-0.2, 0) is 11.3 Å². The van der Waals surface area contributed by atoms with Gasteiger partial charge in [-0.15, -0.1) is 10.2 Å². The van der Waals surface area contributed by atoms with Gasteiger partial charge < -0.3 is 9.73 Å². The van der Waals surface area contributed by atoms with Crippen molar-refractivity contribution in [2.75, 3.05) is 11.1 Å². The summed E-state index contributed by atoms with van der Waals surface area (Å²) in [7, 11) is 0. The van der Waals surface area contributed by atoms with Crippen molar-refractivity contribution in [3.05, 3.63) is 46.6 Å². The van der Waals surface area contributed by atoms with Crippen molar-refractivity contribution in [2.24, 2.45) is 0 Å². The molecule has 1 amide bonds. The molecule has 2 heterocycles. The molecule has 0 bridgehead atoms. The number of furan rings is 1. The zero-order valence-corrected chi connectivity index (χ0v) is 16.9. The number of hydrogen-bond donors (Lipinski definition) is 1. The van der Waals surface area contributed by atoms with Gasteiger partial charge >= 0.3 is 0 Å². The maximum Gasteiger partial charge on any atom is 0.234 e. The van der Waals surface area contributed by atoms with E-state index < -0.39 is 0 Å². The number of thioether (sulfide) groups is 1. The minimum Gasteiger partial charge on any atom is -0.446 e. The van der Waals surface area contributed by atoms with Crippen molar-refractivity contribution in [3.8, 4) is 11.6 Å². The van der Waals surface area contributed by atoms with Crippen LogP contribution in [0.2, 0.25) is 0 Å². The molecule has 6 nitrogen and oxygen atoms in total. The first-order valence-electron chi connectivity index (χ1n) is 8.25. The predicted molar refractivity (Wildman–Crippen MR) is 106 cm³/mol. The van der Waals surface area contributed by atoms with Crippen molar-refractivity contribution < 1.29 is 9.21 Å². The highest BCUT2D eigenvalue weighted by Crippen LogP contribution is 2.27. The molecule has 3 rings (SSSR count). The van der Waals surface area contributed by atoms with Crippen LogP contribution in [0.5, 0.6) is 0 Å². The fourth-order valence-electron chi connectivity index (χ4n) is 2.47. The third-order valence-corrected chi connectivity index (χ3v) is 5.10. The summed E-state index contributed by atoms with van der Waals surface area (Å²) in [6, 6.07) is 11.4. The molecular formula is C18H19BrN4O2S. The number of carbonyl (C=O) groups excluding carboxylic acids is 1. The Morgan fingerprint density at radius 3 is 2.77 bits per heavy atom. The molecule has 0 aliphatic carbocycles. The number of anilines is 1. The second-order valence-electron chi connectivity index (χ2n) is 5.71. The lowest BCUT2D eigenvalue weighted by atomic mass is 10.2. The quantitative estimate of drug-likeness (QED) is 0.543. The molecule has 0 saturated carbocycles. The van der Waals surface area contributed by atoms with Crippen LogP contribution in [-0.4, -0.2) is 26.4 Å². The predicted octanol–water partition coefficient (Wildman–Crippen LogP) is 4.75. The monoisotopic (exact) mass is 434 g/mol. The second kappa shape index (κ2) is 8.55. The summed E-state index contributed by atoms with van der Waals surface area (Å²) in [5.74, 6) is 1.50. The van der Waals surface area contributed by atoms with Crippen LogP contribution < -0.4 is 5.32 Å². The first kappa shape index (κ1) is 18.7. The highest BCUT2D eigenvalue weighted by molar-refractivity contribution is 9.10. The average Bonchev–Trinajstić information content (AvgIpc) is 3.22. The molecule has 0 aliphatic heterocycles. The summed E-state index contributed by atoms with van der Waals surface area (Å²) in [6.07, 6.45) is 0.926. The minimum atomic E-state index is -0.0716. The minimum absolute atomic E-state index is 0.0716. The molecule has 0 spiro atoms. The van der Waals surface area contributed by atoms with Gasteiger partial charge in [-0.2, -0.15) is 0 Å². The number of hydrogen-bond acceptors (Lipinski definition) is 5. The Morgan fingerprint density at radius 1 is 1.27 bits per heavy atom. The SMILES string of the molecule is CCCn1c(SCC(=O)Nc2ccccc2C)nnc1-c1ccc(Br)o1. The topological polar surface area (TPSA) is 73.0 Å². The normalized spacial score (nSPS) is 10.9. The Kier molecular flexibility index (Phi) is 6.16. The van der Waals surface area contributed by atoms with Gasteiger partial charge in [0.2, 0.25) is 11.7 Å². The van der Waals surface area contributed by atoms with E-state index in [9.17, 15) is 4.79 Å². The van der Waals surface area contributed by atoms with Crippen LogP contribution >= 0.6 is 27.7 Å². The molecule has 1 aromatic carbocycles. The van der Waals surface area contributed by atoms with Gasteiger partial charge in [-0.25, -0.2) is 0 Å². The van der Waals surface area contributed by atoms with Crippen LogP contribution in [0, 0.1) is 6.92 Å². The van der Waals surface area contributed by atoms with E-state index in [-0.39, 0.29) is 11.7 Å². The number of nitrogens with one attached hydrogen (secondary N) is 1. The smallest absolute Gasteiger partial charge is 0.234 e. The highest BCUT2D eigenvalue weighted by atomic mass is 79.9. The number of amides is 1. The van der Waals surface area contributed by atoms with Gasteiger partial charge in [0.1, 0.15) is 0 Å². The van der Waals surface area contributed by atoms with Gasteiger partial charge in [0.15, 0.2) is 15.6 Å². The molecule has 8 heteroatoms. The number of nitrogens with zero attached hydrogens (tertiary/aromatic N) is 3. The standard InChI is InChI=1S/C18H19BrN4O2S/c1-3-10-23-17(14-8-9-15(19)25-14)21-22-18(23)26-11-16(24)20-13-7-5-4-6-12(13)2/h4-9H,3,10-11H2,1-2H3,(H,20,24). The number of para-hydroxylation sites is 1. The molecule has 0 atom stereocenters. The molecule has 0 unspecified atom stereocenters.